The molecule has 2 unspecified atom stereocenters. The van der Waals surface area contributed by atoms with E-state index in [1.807, 2.05) is 0 Å². The summed E-state index contributed by atoms with van der Waals surface area (Å²) < 4.78 is 26.7. The van der Waals surface area contributed by atoms with Crippen LogP contribution in [0, 0.1) is 11.6 Å². The van der Waals surface area contributed by atoms with Crippen molar-refractivity contribution in [1.82, 2.24) is 9.80 Å². The molecule has 6 heteroatoms. The molecule has 3 nitrogen and oxygen atoms in total. The van der Waals surface area contributed by atoms with Crippen LogP contribution in [0.15, 0.2) is 48.5 Å². The summed E-state index contributed by atoms with van der Waals surface area (Å²) in [4.78, 5) is 4.33. The molecule has 1 fully saturated rings. The first kappa shape index (κ1) is 19.2. The number of halogens is 3. The van der Waals surface area contributed by atoms with Crippen molar-refractivity contribution in [3.05, 3.63) is 71.3 Å². The fourth-order valence-corrected chi connectivity index (χ4v) is 3.65. The molecule has 0 spiro atoms. The number of aliphatic hydroxyl groups is 1. The van der Waals surface area contributed by atoms with Gasteiger partial charge in [-0.25, -0.2) is 8.78 Å². The summed E-state index contributed by atoms with van der Waals surface area (Å²) in [5.74, 6) is -0.559. The molecule has 2 aromatic carbocycles. The van der Waals surface area contributed by atoms with Gasteiger partial charge >= 0.3 is 0 Å². The summed E-state index contributed by atoms with van der Waals surface area (Å²) >= 11 is 6.26. The number of aliphatic hydroxyl groups excluding tert-OH is 1. The molecule has 1 aliphatic rings. The molecular weight excluding hydrogens is 358 g/mol. The van der Waals surface area contributed by atoms with Crippen LogP contribution in [0.25, 0.3) is 0 Å². The molecule has 0 amide bonds. The highest BCUT2D eigenvalue weighted by Crippen LogP contribution is 2.30. The van der Waals surface area contributed by atoms with E-state index in [1.165, 1.54) is 24.3 Å². The molecule has 1 saturated heterocycles. The summed E-state index contributed by atoms with van der Waals surface area (Å²) in [6.45, 7) is 4.62. The average Bonchev–Trinajstić information content (AvgIpc) is 2.65. The minimum absolute atomic E-state index is 0.0846. The molecule has 1 aliphatic heterocycles. The maximum Gasteiger partial charge on any atom is 0.123 e. The van der Waals surface area contributed by atoms with Gasteiger partial charge in [0.15, 0.2) is 0 Å². The lowest BCUT2D eigenvalue weighted by Gasteiger charge is -2.41. The predicted octanol–water partition coefficient (Wildman–Crippen LogP) is 3.62. The summed E-state index contributed by atoms with van der Waals surface area (Å²) in [6, 6.07) is 12.8. The minimum Gasteiger partial charge on any atom is -0.390 e. The Bertz CT molecular complexity index is 655. The van der Waals surface area contributed by atoms with Gasteiger partial charge in [-0.2, -0.15) is 0 Å². The highest BCUT2D eigenvalue weighted by atomic mass is 35.5. The Labute approximate surface area is 157 Å². The molecule has 1 heterocycles. The summed E-state index contributed by atoms with van der Waals surface area (Å²) in [5.41, 5.74) is 1.51. The van der Waals surface area contributed by atoms with Crippen molar-refractivity contribution < 1.29 is 13.9 Å². The lowest BCUT2D eigenvalue weighted by molar-refractivity contribution is 0.0526. The molecular formula is C20H23ClF2N2O. The summed E-state index contributed by atoms with van der Waals surface area (Å²) in [5, 5.41) is 9.70. The third-order valence-electron chi connectivity index (χ3n) is 4.83. The monoisotopic (exact) mass is 380 g/mol. The molecule has 1 N–H and O–H groups in total. The SMILES string of the molecule is CC(O)C(Cl)N1CCN(C(c2ccc(F)cc2)c2ccc(F)cc2)CC1. The summed E-state index contributed by atoms with van der Waals surface area (Å²) in [7, 11) is 0. The quantitative estimate of drug-likeness (QED) is 0.634. The van der Waals surface area contributed by atoms with E-state index < -0.39 is 11.6 Å². The second-order valence-electron chi connectivity index (χ2n) is 6.69. The Balaban J connectivity index is 1.83. The number of benzene rings is 2. The van der Waals surface area contributed by atoms with Gasteiger partial charge in [-0.3, -0.25) is 9.80 Å². The molecule has 0 aromatic heterocycles. The minimum atomic E-state index is -0.604. The van der Waals surface area contributed by atoms with Crippen LogP contribution in [0.4, 0.5) is 8.78 Å². The molecule has 0 saturated carbocycles. The Hall–Kier alpha value is -1.53. The van der Waals surface area contributed by atoms with E-state index in [1.54, 1.807) is 31.2 Å². The van der Waals surface area contributed by atoms with E-state index in [2.05, 4.69) is 9.80 Å². The van der Waals surface area contributed by atoms with Gasteiger partial charge in [0.25, 0.3) is 0 Å². The number of piperazine rings is 1. The van der Waals surface area contributed by atoms with Crippen LogP contribution in [-0.2, 0) is 0 Å². The van der Waals surface area contributed by atoms with Gasteiger partial charge in [-0.15, -0.1) is 11.6 Å². The lowest BCUT2D eigenvalue weighted by atomic mass is 9.96. The van der Waals surface area contributed by atoms with Crippen LogP contribution >= 0.6 is 11.6 Å². The van der Waals surface area contributed by atoms with Crippen LogP contribution in [0.3, 0.4) is 0 Å². The smallest absolute Gasteiger partial charge is 0.123 e. The van der Waals surface area contributed by atoms with Gasteiger partial charge in [-0.1, -0.05) is 24.3 Å². The maximum absolute atomic E-state index is 13.4. The van der Waals surface area contributed by atoms with Crippen LogP contribution in [0.2, 0.25) is 0 Å². The topological polar surface area (TPSA) is 26.7 Å². The van der Waals surface area contributed by atoms with E-state index in [9.17, 15) is 13.9 Å². The van der Waals surface area contributed by atoms with E-state index in [0.29, 0.717) is 0 Å². The fraction of sp³-hybridized carbons (Fsp3) is 0.400. The van der Waals surface area contributed by atoms with Crippen LogP contribution in [0.1, 0.15) is 24.1 Å². The molecule has 2 atom stereocenters. The van der Waals surface area contributed by atoms with Crippen molar-refractivity contribution in [3.63, 3.8) is 0 Å². The Kier molecular flexibility index (Phi) is 6.24. The highest BCUT2D eigenvalue weighted by molar-refractivity contribution is 6.20. The van der Waals surface area contributed by atoms with Crippen molar-refractivity contribution in [3.8, 4) is 0 Å². The molecule has 0 bridgehead atoms. The zero-order valence-electron chi connectivity index (χ0n) is 14.7. The second-order valence-corrected chi connectivity index (χ2v) is 7.14. The number of nitrogens with zero attached hydrogens (tertiary/aromatic N) is 2. The first-order valence-corrected chi connectivity index (χ1v) is 9.20. The van der Waals surface area contributed by atoms with Gasteiger partial charge in [0.2, 0.25) is 0 Å². The Morgan fingerprint density at radius 3 is 1.58 bits per heavy atom. The first-order chi connectivity index (χ1) is 12.5. The molecule has 0 aliphatic carbocycles. The Morgan fingerprint density at radius 2 is 1.19 bits per heavy atom. The van der Waals surface area contributed by atoms with Gasteiger partial charge in [0, 0.05) is 26.2 Å². The average molecular weight is 381 g/mol. The third-order valence-corrected chi connectivity index (χ3v) is 5.47. The third kappa shape index (κ3) is 4.41. The molecule has 26 heavy (non-hydrogen) atoms. The van der Waals surface area contributed by atoms with Crippen molar-refractivity contribution in [2.24, 2.45) is 0 Å². The number of hydrogen-bond acceptors (Lipinski definition) is 3. The van der Waals surface area contributed by atoms with Gasteiger partial charge in [0.1, 0.15) is 17.1 Å². The second kappa shape index (κ2) is 8.44. The van der Waals surface area contributed by atoms with Crippen LogP contribution in [-0.4, -0.2) is 52.7 Å². The van der Waals surface area contributed by atoms with Crippen molar-refractivity contribution in [2.75, 3.05) is 26.2 Å². The zero-order chi connectivity index (χ0) is 18.7. The number of hydrogen-bond donors (Lipinski definition) is 1. The molecule has 2 aromatic rings. The van der Waals surface area contributed by atoms with E-state index in [-0.39, 0.29) is 17.7 Å². The molecule has 0 radical (unpaired) electrons. The highest BCUT2D eigenvalue weighted by Gasteiger charge is 2.30. The van der Waals surface area contributed by atoms with Crippen LogP contribution < -0.4 is 0 Å². The standard InChI is InChI=1S/C20H23ClF2N2O/c1-14(26)20(21)25-12-10-24(11-13-25)19(15-2-6-17(22)7-3-15)16-4-8-18(23)9-5-16/h2-9,14,19-20,26H,10-13H2,1H3. The lowest BCUT2D eigenvalue weighted by Crippen LogP contribution is -2.52. The molecule has 3 rings (SSSR count). The predicted molar refractivity (Wildman–Crippen MR) is 99.1 cm³/mol. The van der Waals surface area contributed by atoms with E-state index >= 15 is 0 Å². The van der Waals surface area contributed by atoms with Gasteiger partial charge in [0.05, 0.1) is 12.1 Å². The van der Waals surface area contributed by atoms with Gasteiger partial charge < -0.3 is 5.11 Å². The van der Waals surface area contributed by atoms with Gasteiger partial charge in [-0.05, 0) is 42.3 Å². The number of alkyl halides is 1. The largest absolute Gasteiger partial charge is 0.390 e. The Morgan fingerprint density at radius 1 is 0.808 bits per heavy atom. The summed E-state index contributed by atoms with van der Waals surface area (Å²) in [6.07, 6.45) is -0.604. The van der Waals surface area contributed by atoms with Crippen LogP contribution in [0.5, 0.6) is 0 Å². The fourth-order valence-electron chi connectivity index (χ4n) is 3.45. The first-order valence-electron chi connectivity index (χ1n) is 8.77. The zero-order valence-corrected chi connectivity index (χ0v) is 15.4. The number of rotatable bonds is 5. The van der Waals surface area contributed by atoms with E-state index in [0.717, 1.165) is 37.3 Å². The van der Waals surface area contributed by atoms with Crippen molar-refractivity contribution in [2.45, 2.75) is 24.6 Å². The normalized spacial score (nSPS) is 18.8. The van der Waals surface area contributed by atoms with Crippen molar-refractivity contribution in [1.29, 1.82) is 0 Å². The van der Waals surface area contributed by atoms with E-state index in [4.69, 9.17) is 11.6 Å². The maximum atomic E-state index is 13.4. The molecule has 140 valence electrons. The van der Waals surface area contributed by atoms with Crippen molar-refractivity contribution >= 4 is 11.6 Å².